The predicted octanol–water partition coefficient (Wildman–Crippen LogP) is 4.20. The molecule has 0 radical (unpaired) electrons. The summed E-state index contributed by atoms with van der Waals surface area (Å²) in [5, 5.41) is 7.61. The van der Waals surface area contributed by atoms with E-state index >= 15 is 0 Å². The van der Waals surface area contributed by atoms with Crippen LogP contribution in [-0.2, 0) is 0 Å². The van der Waals surface area contributed by atoms with Gasteiger partial charge in [-0.3, -0.25) is 10.3 Å². The molecule has 4 nitrogen and oxygen atoms in total. The zero-order valence-electron chi connectivity index (χ0n) is 15.9. The lowest BCUT2D eigenvalue weighted by molar-refractivity contribution is 0.0454. The van der Waals surface area contributed by atoms with Crippen molar-refractivity contribution in [2.45, 2.75) is 90.5 Å². The van der Waals surface area contributed by atoms with Crippen LogP contribution in [0.3, 0.4) is 0 Å². The van der Waals surface area contributed by atoms with Gasteiger partial charge in [-0.05, 0) is 19.8 Å². The van der Waals surface area contributed by atoms with Crippen LogP contribution in [0.1, 0.15) is 85.0 Å². The third-order valence-corrected chi connectivity index (χ3v) is 5.52. The van der Waals surface area contributed by atoms with E-state index in [9.17, 15) is 0 Å². The van der Waals surface area contributed by atoms with Crippen molar-refractivity contribution in [1.82, 2.24) is 9.80 Å². The molecule has 136 valence electrons. The number of nitrogens with one attached hydrogen (secondary N) is 1. The minimum Gasteiger partial charge on any atom is -0.370 e. The summed E-state index contributed by atoms with van der Waals surface area (Å²) < 4.78 is 0. The highest BCUT2D eigenvalue weighted by atomic mass is 15.3. The third kappa shape index (κ3) is 7.11. The van der Waals surface area contributed by atoms with Gasteiger partial charge in [-0.15, -0.1) is 0 Å². The zero-order chi connectivity index (χ0) is 17.1. The summed E-state index contributed by atoms with van der Waals surface area (Å²) in [6.45, 7) is 11.0. The van der Waals surface area contributed by atoms with Crippen molar-refractivity contribution >= 4 is 5.96 Å². The van der Waals surface area contributed by atoms with Crippen LogP contribution in [0.25, 0.3) is 0 Å². The molecule has 0 spiro atoms. The molecule has 1 aliphatic rings. The first-order chi connectivity index (χ1) is 11.0. The van der Waals surface area contributed by atoms with Gasteiger partial charge in [0.15, 0.2) is 5.96 Å². The van der Waals surface area contributed by atoms with E-state index in [2.05, 4.69) is 25.7 Å². The van der Waals surface area contributed by atoms with Crippen molar-refractivity contribution in [3.05, 3.63) is 0 Å². The molecule has 3 N–H and O–H groups in total. The summed E-state index contributed by atoms with van der Waals surface area (Å²) in [7, 11) is 0. The second-order valence-electron chi connectivity index (χ2n) is 7.48. The highest BCUT2D eigenvalue weighted by Gasteiger charge is 2.33. The number of unbranched alkanes of at least 4 members (excludes halogenated alkanes) is 6. The molecule has 0 aromatic heterocycles. The Hall–Kier alpha value is -0.770. The maximum atomic E-state index is 7.61. The highest BCUT2D eigenvalue weighted by Crippen LogP contribution is 2.30. The Kier molecular flexibility index (Phi) is 9.61. The molecular weight excluding hydrogens is 284 g/mol. The van der Waals surface area contributed by atoms with E-state index in [4.69, 9.17) is 11.1 Å². The van der Waals surface area contributed by atoms with Gasteiger partial charge in [-0.1, -0.05) is 65.2 Å². The van der Waals surface area contributed by atoms with Crippen molar-refractivity contribution in [2.75, 3.05) is 26.2 Å². The maximum absolute atomic E-state index is 7.61. The van der Waals surface area contributed by atoms with Crippen LogP contribution in [0, 0.1) is 5.41 Å². The van der Waals surface area contributed by atoms with Gasteiger partial charge >= 0.3 is 0 Å². The van der Waals surface area contributed by atoms with E-state index in [1.807, 2.05) is 4.90 Å². The topological polar surface area (TPSA) is 56.4 Å². The first-order valence-electron chi connectivity index (χ1n) is 9.87. The molecule has 0 saturated carbocycles. The van der Waals surface area contributed by atoms with Gasteiger partial charge in [0.25, 0.3) is 0 Å². The number of rotatable bonds is 11. The number of guanidine groups is 1. The Bertz CT molecular complexity index is 323. The van der Waals surface area contributed by atoms with E-state index in [1.54, 1.807) is 0 Å². The molecule has 1 fully saturated rings. The van der Waals surface area contributed by atoms with Crippen molar-refractivity contribution < 1.29 is 0 Å². The molecule has 0 aliphatic carbocycles. The van der Waals surface area contributed by atoms with Crippen LogP contribution in [0.2, 0.25) is 0 Å². The largest absolute Gasteiger partial charge is 0.370 e. The average Bonchev–Trinajstić information content (AvgIpc) is 2.55. The summed E-state index contributed by atoms with van der Waals surface area (Å²) in [6.07, 6.45) is 13.4. The van der Waals surface area contributed by atoms with Crippen LogP contribution < -0.4 is 5.73 Å². The molecule has 1 atom stereocenters. The smallest absolute Gasteiger partial charge is 0.188 e. The van der Waals surface area contributed by atoms with Gasteiger partial charge in [0, 0.05) is 31.7 Å². The van der Waals surface area contributed by atoms with E-state index in [0.29, 0.717) is 5.54 Å². The van der Waals surface area contributed by atoms with Crippen LogP contribution in [-0.4, -0.2) is 47.5 Å². The molecule has 0 amide bonds. The fraction of sp³-hybridized carbons (Fsp3) is 0.947. The Morgan fingerprint density at radius 2 is 1.35 bits per heavy atom. The van der Waals surface area contributed by atoms with Gasteiger partial charge in [0.05, 0.1) is 0 Å². The van der Waals surface area contributed by atoms with E-state index < -0.39 is 0 Å². The van der Waals surface area contributed by atoms with E-state index in [0.717, 1.165) is 26.2 Å². The van der Waals surface area contributed by atoms with Crippen molar-refractivity contribution in [3.63, 3.8) is 0 Å². The normalized spacial score (nSPS) is 18.8. The Morgan fingerprint density at radius 1 is 0.870 bits per heavy atom. The molecular formula is C19H40N4. The molecule has 4 heteroatoms. The summed E-state index contributed by atoms with van der Waals surface area (Å²) in [6, 6.07) is 0. The summed E-state index contributed by atoms with van der Waals surface area (Å²) in [5.41, 5.74) is 5.97. The van der Waals surface area contributed by atoms with Crippen LogP contribution in [0.4, 0.5) is 0 Å². The SMILES string of the molecule is CCCCCCCC(C)(CCCCC)N1CCN(C(=N)N)CC1. The van der Waals surface area contributed by atoms with Crippen LogP contribution >= 0.6 is 0 Å². The summed E-state index contributed by atoms with van der Waals surface area (Å²) >= 11 is 0. The van der Waals surface area contributed by atoms with E-state index in [-0.39, 0.29) is 5.96 Å². The van der Waals surface area contributed by atoms with Gasteiger partial charge in [-0.25, -0.2) is 0 Å². The minimum absolute atomic E-state index is 0.233. The Balaban J connectivity index is 2.51. The van der Waals surface area contributed by atoms with Gasteiger partial charge in [-0.2, -0.15) is 0 Å². The number of piperazine rings is 1. The first-order valence-corrected chi connectivity index (χ1v) is 9.87. The van der Waals surface area contributed by atoms with Crippen LogP contribution in [0.5, 0.6) is 0 Å². The quantitative estimate of drug-likeness (QED) is 0.340. The molecule has 1 aliphatic heterocycles. The lowest BCUT2D eigenvalue weighted by atomic mass is 9.86. The molecule has 0 aromatic carbocycles. The highest BCUT2D eigenvalue weighted by molar-refractivity contribution is 5.74. The average molecular weight is 325 g/mol. The van der Waals surface area contributed by atoms with Gasteiger partial charge < -0.3 is 10.6 Å². The fourth-order valence-corrected chi connectivity index (χ4v) is 3.79. The molecule has 23 heavy (non-hydrogen) atoms. The number of hydrogen-bond acceptors (Lipinski definition) is 2. The molecule has 1 rings (SSSR count). The first kappa shape index (κ1) is 20.3. The fourth-order valence-electron chi connectivity index (χ4n) is 3.79. The Labute approximate surface area is 144 Å². The Morgan fingerprint density at radius 3 is 1.87 bits per heavy atom. The molecule has 0 aromatic rings. The summed E-state index contributed by atoms with van der Waals surface area (Å²) in [4.78, 5) is 4.69. The number of nitrogens with two attached hydrogens (primary N) is 1. The molecule has 1 saturated heterocycles. The maximum Gasteiger partial charge on any atom is 0.188 e. The van der Waals surface area contributed by atoms with Crippen molar-refractivity contribution in [1.29, 1.82) is 5.41 Å². The zero-order valence-corrected chi connectivity index (χ0v) is 15.9. The second-order valence-corrected chi connectivity index (χ2v) is 7.48. The monoisotopic (exact) mass is 324 g/mol. The van der Waals surface area contributed by atoms with Crippen molar-refractivity contribution in [2.24, 2.45) is 5.73 Å². The molecule has 0 bridgehead atoms. The standard InChI is InChI=1S/C19H40N4/c1-4-6-8-9-11-13-19(3,12-10-7-5-2)23-16-14-22(15-17-23)18(20)21/h4-17H2,1-3H3,(H3,20,21). The predicted molar refractivity (Wildman–Crippen MR) is 101 cm³/mol. The van der Waals surface area contributed by atoms with Crippen molar-refractivity contribution in [3.8, 4) is 0 Å². The lowest BCUT2D eigenvalue weighted by Gasteiger charge is -2.46. The van der Waals surface area contributed by atoms with E-state index in [1.165, 1.54) is 64.2 Å². The second kappa shape index (κ2) is 10.9. The third-order valence-electron chi connectivity index (χ3n) is 5.52. The number of hydrogen-bond donors (Lipinski definition) is 2. The van der Waals surface area contributed by atoms with Gasteiger partial charge in [0.1, 0.15) is 0 Å². The lowest BCUT2D eigenvalue weighted by Crippen LogP contribution is -2.57. The summed E-state index contributed by atoms with van der Waals surface area (Å²) in [5.74, 6) is 0.233. The minimum atomic E-state index is 0.233. The van der Waals surface area contributed by atoms with Gasteiger partial charge in [0.2, 0.25) is 0 Å². The molecule has 1 heterocycles. The number of nitrogens with zero attached hydrogens (tertiary/aromatic N) is 2. The molecule has 1 unspecified atom stereocenters. The van der Waals surface area contributed by atoms with Crippen LogP contribution in [0.15, 0.2) is 0 Å².